The van der Waals surface area contributed by atoms with Crippen molar-refractivity contribution >= 4 is 16.9 Å². The highest BCUT2D eigenvalue weighted by molar-refractivity contribution is 5.89. The van der Waals surface area contributed by atoms with Gasteiger partial charge in [-0.25, -0.2) is 0 Å². The number of fused-ring (bicyclic) bond motifs is 1. The van der Waals surface area contributed by atoms with Gasteiger partial charge < -0.3 is 14.8 Å². The first kappa shape index (κ1) is 14.6. The number of carbonyl (C=O) groups excluding carboxylic acids is 1. The third kappa shape index (κ3) is 3.20. The minimum atomic E-state index is -0.393. The molecular weight excluding hydrogens is 254 g/mol. The van der Waals surface area contributed by atoms with Gasteiger partial charge in [-0.05, 0) is 38.3 Å². The molecule has 108 valence electrons. The topological polar surface area (TPSA) is 62.5 Å². The van der Waals surface area contributed by atoms with Gasteiger partial charge in [0.1, 0.15) is 5.58 Å². The summed E-state index contributed by atoms with van der Waals surface area (Å²) in [7, 11) is 0. The van der Waals surface area contributed by atoms with Gasteiger partial charge in [0.05, 0.1) is 18.8 Å². The lowest BCUT2D eigenvalue weighted by atomic mass is 10.0. The molecule has 1 aromatic heterocycles. The third-order valence-corrected chi connectivity index (χ3v) is 3.58. The van der Waals surface area contributed by atoms with Crippen molar-refractivity contribution in [3.05, 3.63) is 35.1 Å². The Balaban J connectivity index is 2.07. The van der Waals surface area contributed by atoms with Crippen LogP contribution in [0.5, 0.6) is 0 Å². The molecule has 4 nitrogen and oxygen atoms in total. The first-order valence-corrected chi connectivity index (χ1v) is 6.90. The molecule has 1 amide bonds. The van der Waals surface area contributed by atoms with E-state index >= 15 is 0 Å². The van der Waals surface area contributed by atoms with Gasteiger partial charge in [0.15, 0.2) is 0 Å². The van der Waals surface area contributed by atoms with Crippen LogP contribution in [0.1, 0.15) is 30.0 Å². The van der Waals surface area contributed by atoms with Gasteiger partial charge in [0.25, 0.3) is 0 Å². The first-order chi connectivity index (χ1) is 9.49. The van der Waals surface area contributed by atoms with Crippen LogP contribution in [-0.4, -0.2) is 23.7 Å². The van der Waals surface area contributed by atoms with Gasteiger partial charge in [-0.2, -0.15) is 0 Å². The predicted molar refractivity (Wildman–Crippen MR) is 78.7 cm³/mol. The van der Waals surface area contributed by atoms with E-state index in [1.54, 1.807) is 13.2 Å². The Hall–Kier alpha value is -1.81. The van der Waals surface area contributed by atoms with Gasteiger partial charge in [0, 0.05) is 17.5 Å². The number of aliphatic hydroxyl groups excluding tert-OH is 1. The minimum absolute atomic E-state index is 0.0495. The molecule has 1 heterocycles. The number of carbonyl (C=O) groups is 1. The highest BCUT2D eigenvalue weighted by atomic mass is 16.3. The highest BCUT2D eigenvalue weighted by Gasteiger charge is 2.12. The lowest BCUT2D eigenvalue weighted by Gasteiger charge is -2.06. The SMILES string of the molecule is Cc1ccc2c(CC(=O)NCCC(C)O)coc2c1C. The molecule has 1 aromatic carbocycles. The fourth-order valence-corrected chi connectivity index (χ4v) is 2.18. The summed E-state index contributed by atoms with van der Waals surface area (Å²) in [5.41, 5.74) is 4.05. The van der Waals surface area contributed by atoms with Crippen LogP contribution in [0.15, 0.2) is 22.8 Å². The molecule has 0 fully saturated rings. The number of aliphatic hydroxyl groups is 1. The van der Waals surface area contributed by atoms with Gasteiger partial charge in [0.2, 0.25) is 5.91 Å². The van der Waals surface area contributed by atoms with Crippen molar-refractivity contribution in [1.29, 1.82) is 0 Å². The van der Waals surface area contributed by atoms with E-state index in [0.717, 1.165) is 22.1 Å². The molecule has 1 atom stereocenters. The number of furan rings is 1. The van der Waals surface area contributed by atoms with Crippen molar-refractivity contribution in [2.45, 2.75) is 39.7 Å². The van der Waals surface area contributed by atoms with E-state index < -0.39 is 6.10 Å². The third-order valence-electron chi connectivity index (χ3n) is 3.58. The average molecular weight is 275 g/mol. The molecule has 0 spiro atoms. The van der Waals surface area contributed by atoms with Gasteiger partial charge in [-0.3, -0.25) is 4.79 Å². The van der Waals surface area contributed by atoms with Crippen molar-refractivity contribution in [2.24, 2.45) is 0 Å². The molecule has 0 aliphatic heterocycles. The molecule has 2 N–H and O–H groups in total. The molecule has 1 unspecified atom stereocenters. The fraction of sp³-hybridized carbons (Fsp3) is 0.438. The Labute approximate surface area is 118 Å². The summed E-state index contributed by atoms with van der Waals surface area (Å²) in [5.74, 6) is -0.0495. The van der Waals surface area contributed by atoms with Crippen LogP contribution in [-0.2, 0) is 11.2 Å². The maximum atomic E-state index is 11.9. The highest BCUT2D eigenvalue weighted by Crippen LogP contribution is 2.26. The summed E-state index contributed by atoms with van der Waals surface area (Å²) in [6, 6.07) is 4.04. The summed E-state index contributed by atoms with van der Waals surface area (Å²) in [5, 5.41) is 13.0. The molecule has 0 saturated heterocycles. The summed E-state index contributed by atoms with van der Waals surface area (Å²) in [6.07, 6.45) is 2.13. The van der Waals surface area contributed by atoms with E-state index in [-0.39, 0.29) is 5.91 Å². The summed E-state index contributed by atoms with van der Waals surface area (Å²) in [6.45, 7) is 6.26. The zero-order valence-corrected chi connectivity index (χ0v) is 12.2. The molecule has 20 heavy (non-hydrogen) atoms. The first-order valence-electron chi connectivity index (χ1n) is 6.90. The lowest BCUT2D eigenvalue weighted by Crippen LogP contribution is -2.27. The number of amides is 1. The van der Waals surface area contributed by atoms with Crippen LogP contribution in [0.2, 0.25) is 0 Å². The van der Waals surface area contributed by atoms with Crippen LogP contribution in [0, 0.1) is 13.8 Å². The Morgan fingerprint density at radius 3 is 2.85 bits per heavy atom. The van der Waals surface area contributed by atoms with Crippen molar-refractivity contribution in [3.63, 3.8) is 0 Å². The van der Waals surface area contributed by atoms with Crippen molar-refractivity contribution in [3.8, 4) is 0 Å². The second-order valence-electron chi connectivity index (χ2n) is 5.31. The van der Waals surface area contributed by atoms with Crippen molar-refractivity contribution in [2.75, 3.05) is 6.54 Å². The van der Waals surface area contributed by atoms with Crippen LogP contribution in [0.25, 0.3) is 11.0 Å². The molecule has 0 saturated carbocycles. The van der Waals surface area contributed by atoms with Gasteiger partial charge in [-0.1, -0.05) is 12.1 Å². The van der Waals surface area contributed by atoms with E-state index in [2.05, 4.69) is 5.32 Å². The molecule has 0 aliphatic rings. The van der Waals surface area contributed by atoms with Crippen molar-refractivity contribution in [1.82, 2.24) is 5.32 Å². The summed E-state index contributed by atoms with van der Waals surface area (Å²) >= 11 is 0. The minimum Gasteiger partial charge on any atom is -0.464 e. The zero-order valence-electron chi connectivity index (χ0n) is 12.2. The largest absolute Gasteiger partial charge is 0.464 e. The summed E-state index contributed by atoms with van der Waals surface area (Å²) < 4.78 is 5.58. The maximum absolute atomic E-state index is 11.9. The smallest absolute Gasteiger partial charge is 0.224 e. The zero-order chi connectivity index (χ0) is 14.7. The number of benzene rings is 1. The number of hydrogen-bond acceptors (Lipinski definition) is 3. The predicted octanol–water partition coefficient (Wildman–Crippen LogP) is 2.48. The second kappa shape index (κ2) is 6.09. The van der Waals surface area contributed by atoms with Crippen LogP contribution in [0.3, 0.4) is 0 Å². The molecule has 0 radical (unpaired) electrons. The molecule has 0 aliphatic carbocycles. The molecular formula is C16H21NO3. The summed E-state index contributed by atoms with van der Waals surface area (Å²) in [4.78, 5) is 11.9. The van der Waals surface area contributed by atoms with E-state index in [1.807, 2.05) is 26.0 Å². The molecule has 2 aromatic rings. The quantitative estimate of drug-likeness (QED) is 0.881. The van der Waals surface area contributed by atoms with E-state index in [4.69, 9.17) is 9.52 Å². The fourth-order valence-electron chi connectivity index (χ4n) is 2.18. The number of rotatable bonds is 5. The van der Waals surface area contributed by atoms with E-state index in [1.165, 1.54) is 5.56 Å². The lowest BCUT2D eigenvalue weighted by molar-refractivity contribution is -0.120. The Bertz CT molecular complexity index is 613. The molecule has 0 bridgehead atoms. The molecule has 2 rings (SSSR count). The normalized spacial score (nSPS) is 12.6. The standard InChI is InChI=1S/C16H21NO3/c1-10-4-5-14-13(9-20-16(14)12(10)3)8-15(19)17-7-6-11(2)18/h4-5,9,11,18H,6-8H2,1-3H3,(H,17,19). The van der Waals surface area contributed by atoms with Crippen molar-refractivity contribution < 1.29 is 14.3 Å². The number of hydrogen-bond donors (Lipinski definition) is 2. The molecule has 4 heteroatoms. The Kier molecular flexibility index (Phi) is 4.45. The Morgan fingerprint density at radius 1 is 1.40 bits per heavy atom. The maximum Gasteiger partial charge on any atom is 0.224 e. The van der Waals surface area contributed by atoms with Gasteiger partial charge in [-0.15, -0.1) is 0 Å². The second-order valence-corrected chi connectivity index (χ2v) is 5.31. The Morgan fingerprint density at radius 2 is 2.15 bits per heavy atom. The average Bonchev–Trinajstić information content (AvgIpc) is 2.77. The number of nitrogens with one attached hydrogen (secondary N) is 1. The number of aryl methyl sites for hydroxylation is 2. The van der Waals surface area contributed by atoms with Crippen LogP contribution >= 0.6 is 0 Å². The van der Waals surface area contributed by atoms with E-state index in [0.29, 0.717) is 19.4 Å². The van der Waals surface area contributed by atoms with E-state index in [9.17, 15) is 4.79 Å². The van der Waals surface area contributed by atoms with Gasteiger partial charge >= 0.3 is 0 Å². The van der Waals surface area contributed by atoms with Crippen LogP contribution in [0.4, 0.5) is 0 Å². The van der Waals surface area contributed by atoms with Crippen LogP contribution < -0.4 is 5.32 Å². The monoisotopic (exact) mass is 275 g/mol.